The van der Waals surface area contributed by atoms with Crippen molar-refractivity contribution in [3.8, 4) is 5.75 Å². The molecule has 0 saturated carbocycles. The van der Waals surface area contributed by atoms with Crippen LogP contribution in [0.1, 0.15) is 71.9 Å². The maximum absolute atomic E-state index is 13.6. The van der Waals surface area contributed by atoms with Gasteiger partial charge in [-0.25, -0.2) is 0 Å². The zero-order valence-corrected chi connectivity index (χ0v) is 17.8. The molecule has 146 valence electrons. The van der Waals surface area contributed by atoms with Crippen molar-refractivity contribution >= 4 is 17.0 Å². The van der Waals surface area contributed by atoms with E-state index in [1.807, 2.05) is 19.9 Å². The highest BCUT2D eigenvalue weighted by molar-refractivity contribution is 6.28. The summed E-state index contributed by atoms with van der Waals surface area (Å²) in [4.78, 5) is 0. The molecule has 0 spiro atoms. The van der Waals surface area contributed by atoms with E-state index in [2.05, 4.69) is 46.8 Å². The Morgan fingerprint density at radius 2 is 1.81 bits per heavy atom. The molecule has 0 bridgehead atoms. The Labute approximate surface area is 162 Å². The Morgan fingerprint density at radius 3 is 2.44 bits per heavy atom. The quantitative estimate of drug-likeness (QED) is 0.491. The van der Waals surface area contributed by atoms with E-state index in [1.165, 1.54) is 4.74 Å². The molecular formula is C23H31NO3. The highest BCUT2D eigenvalue weighted by atomic mass is 16.6. The summed E-state index contributed by atoms with van der Waals surface area (Å²) in [5.41, 5.74) is 4.17. The van der Waals surface area contributed by atoms with Gasteiger partial charge in [-0.3, -0.25) is 0 Å². The van der Waals surface area contributed by atoms with Gasteiger partial charge in [0, 0.05) is 13.0 Å². The van der Waals surface area contributed by atoms with Crippen molar-refractivity contribution in [2.45, 2.75) is 72.5 Å². The lowest BCUT2D eigenvalue weighted by Gasteiger charge is -2.42. The van der Waals surface area contributed by atoms with Crippen molar-refractivity contribution in [1.29, 1.82) is 0 Å². The molecule has 4 rings (SSSR count). The summed E-state index contributed by atoms with van der Waals surface area (Å²) in [5, 5.41) is 13.6. The number of ether oxygens (including phenoxy) is 2. The van der Waals surface area contributed by atoms with Crippen LogP contribution in [0.2, 0.25) is 0 Å². The van der Waals surface area contributed by atoms with Gasteiger partial charge in [0.15, 0.2) is 0 Å². The van der Waals surface area contributed by atoms with Crippen molar-refractivity contribution in [1.82, 2.24) is 0 Å². The summed E-state index contributed by atoms with van der Waals surface area (Å²) >= 11 is 0. The fourth-order valence-electron chi connectivity index (χ4n) is 5.94. The van der Waals surface area contributed by atoms with Gasteiger partial charge in [0.1, 0.15) is 17.5 Å². The molecule has 3 aliphatic rings. The first-order valence-electron chi connectivity index (χ1n) is 9.87. The maximum atomic E-state index is 13.6. The van der Waals surface area contributed by atoms with Gasteiger partial charge in [0.05, 0.1) is 22.1 Å². The van der Waals surface area contributed by atoms with Crippen LogP contribution in [0, 0.1) is 16.0 Å². The predicted molar refractivity (Wildman–Crippen MR) is 109 cm³/mol. The molecule has 4 nitrogen and oxygen atoms in total. The van der Waals surface area contributed by atoms with Gasteiger partial charge in [0.2, 0.25) is 11.4 Å². The summed E-state index contributed by atoms with van der Waals surface area (Å²) in [6, 6.07) is 4.09. The van der Waals surface area contributed by atoms with Gasteiger partial charge in [-0.1, -0.05) is 26.8 Å². The largest absolute Gasteiger partial charge is 0.618 e. The second-order valence-corrected chi connectivity index (χ2v) is 10.3. The van der Waals surface area contributed by atoms with Crippen molar-refractivity contribution in [3.05, 3.63) is 34.5 Å². The van der Waals surface area contributed by atoms with E-state index in [4.69, 9.17) is 9.47 Å². The molecule has 1 aromatic carbocycles. The summed E-state index contributed by atoms with van der Waals surface area (Å²) in [6.45, 7) is 15.1. The fraction of sp³-hybridized carbons (Fsp3) is 0.609. The van der Waals surface area contributed by atoms with Crippen LogP contribution in [-0.4, -0.2) is 29.3 Å². The Hall–Kier alpha value is -1.81. The monoisotopic (exact) mass is 369 g/mol. The predicted octanol–water partition coefficient (Wildman–Crippen LogP) is 5.41. The summed E-state index contributed by atoms with van der Waals surface area (Å²) < 4.78 is 13.3. The molecule has 0 unspecified atom stereocenters. The van der Waals surface area contributed by atoms with Crippen molar-refractivity contribution < 1.29 is 14.2 Å². The first kappa shape index (κ1) is 18.5. The molecule has 4 heteroatoms. The van der Waals surface area contributed by atoms with Crippen LogP contribution in [0.25, 0.3) is 5.57 Å². The zero-order valence-electron chi connectivity index (χ0n) is 17.8. The summed E-state index contributed by atoms with van der Waals surface area (Å²) in [6.07, 6.45) is 3.12. The molecule has 0 saturated heterocycles. The van der Waals surface area contributed by atoms with Gasteiger partial charge >= 0.3 is 0 Å². The minimum absolute atomic E-state index is 0.0554. The van der Waals surface area contributed by atoms with Gasteiger partial charge < -0.3 is 14.7 Å². The van der Waals surface area contributed by atoms with E-state index in [9.17, 15) is 5.21 Å². The van der Waals surface area contributed by atoms with Gasteiger partial charge in [-0.2, -0.15) is 4.74 Å². The number of allylic oxidation sites excluding steroid dienone is 2. The number of benzene rings is 1. The minimum atomic E-state index is -0.442. The molecule has 0 N–H and O–H groups in total. The van der Waals surface area contributed by atoms with E-state index >= 15 is 0 Å². The van der Waals surface area contributed by atoms with Crippen molar-refractivity contribution in [3.63, 3.8) is 0 Å². The highest BCUT2D eigenvalue weighted by Gasteiger charge is 2.52. The van der Waals surface area contributed by atoms with Crippen LogP contribution in [0.5, 0.6) is 5.75 Å². The van der Waals surface area contributed by atoms with Gasteiger partial charge in [-0.05, 0) is 51.7 Å². The standard InChI is InChI=1S/C23H31NO3/c1-13-17-16(27-23(6,7)20(13)26-8)10-9-14-15-11-21(2,3)12-22(4,5)19(15)24(25)18(14)17/h9-11,13,20H,12H2,1-8H3/t13-,20+/m1/s1. The molecule has 0 aromatic heterocycles. The van der Waals surface area contributed by atoms with Gasteiger partial charge in [0.25, 0.3) is 0 Å². The van der Waals surface area contributed by atoms with Crippen LogP contribution in [0.15, 0.2) is 18.2 Å². The SMILES string of the molecule is CO[C@H]1[C@H](C)c2c(ccc3c2[N+]([O-])=C2C3=CC(C)(C)CC2(C)C)OC1(C)C. The van der Waals surface area contributed by atoms with Crippen LogP contribution in [0.3, 0.4) is 0 Å². The van der Waals surface area contributed by atoms with E-state index in [0.29, 0.717) is 0 Å². The number of methoxy groups -OCH3 is 1. The van der Waals surface area contributed by atoms with Gasteiger partial charge in [-0.15, -0.1) is 0 Å². The number of rotatable bonds is 1. The Kier molecular flexibility index (Phi) is 3.69. The molecule has 2 aliphatic heterocycles. The van der Waals surface area contributed by atoms with Crippen molar-refractivity contribution in [2.75, 3.05) is 7.11 Å². The van der Waals surface area contributed by atoms with Crippen molar-refractivity contribution in [2.24, 2.45) is 10.8 Å². The third kappa shape index (κ3) is 2.49. The van der Waals surface area contributed by atoms with Crippen LogP contribution in [-0.2, 0) is 4.74 Å². The maximum Gasteiger partial charge on any atom is 0.232 e. The molecule has 1 aromatic rings. The van der Waals surface area contributed by atoms with Crippen LogP contribution in [0.4, 0.5) is 5.69 Å². The smallest absolute Gasteiger partial charge is 0.232 e. The normalized spacial score (nSPS) is 29.4. The number of fused-ring (bicyclic) bond motifs is 5. The average molecular weight is 370 g/mol. The van der Waals surface area contributed by atoms with E-state index in [-0.39, 0.29) is 22.9 Å². The molecule has 27 heavy (non-hydrogen) atoms. The number of nitrogens with zero attached hydrogens (tertiary/aromatic N) is 1. The molecule has 2 atom stereocenters. The van der Waals surface area contributed by atoms with E-state index in [1.54, 1.807) is 7.11 Å². The Balaban J connectivity index is 2.00. The highest BCUT2D eigenvalue weighted by Crippen LogP contribution is 2.55. The molecule has 0 radical (unpaired) electrons. The second kappa shape index (κ2) is 5.38. The first-order valence-corrected chi connectivity index (χ1v) is 9.87. The number of hydrogen-bond donors (Lipinski definition) is 0. The van der Waals surface area contributed by atoms with Crippen LogP contribution >= 0.6 is 0 Å². The fourth-order valence-corrected chi connectivity index (χ4v) is 5.94. The lowest BCUT2D eigenvalue weighted by molar-refractivity contribution is -0.363. The molecule has 0 fully saturated rings. The first-order chi connectivity index (χ1) is 12.4. The Bertz CT molecular complexity index is 889. The molecule has 1 aliphatic carbocycles. The summed E-state index contributed by atoms with van der Waals surface area (Å²) in [7, 11) is 1.72. The number of hydrogen-bond acceptors (Lipinski definition) is 3. The lowest BCUT2D eigenvalue weighted by Crippen LogP contribution is -2.49. The van der Waals surface area contributed by atoms with E-state index < -0.39 is 5.60 Å². The van der Waals surface area contributed by atoms with Crippen LogP contribution < -0.4 is 4.74 Å². The third-order valence-electron chi connectivity index (χ3n) is 6.42. The molecular weight excluding hydrogens is 338 g/mol. The minimum Gasteiger partial charge on any atom is -0.618 e. The molecule has 0 amide bonds. The topological polar surface area (TPSA) is 44.5 Å². The van der Waals surface area contributed by atoms with E-state index in [0.717, 1.165) is 40.3 Å². The Morgan fingerprint density at radius 1 is 1.15 bits per heavy atom. The zero-order chi connectivity index (χ0) is 19.9. The molecule has 2 heterocycles. The third-order valence-corrected chi connectivity index (χ3v) is 6.42. The summed E-state index contributed by atoms with van der Waals surface area (Å²) in [5.74, 6) is 0.870. The average Bonchev–Trinajstić information content (AvgIpc) is 2.77. The second-order valence-electron chi connectivity index (χ2n) is 10.3. The lowest BCUT2D eigenvalue weighted by atomic mass is 9.65.